The molecule has 0 amide bonds. The van der Waals surface area contributed by atoms with Gasteiger partial charge in [0.2, 0.25) is 0 Å². The third-order valence-electron chi connectivity index (χ3n) is 3.34. The number of rotatable bonds is 3. The summed E-state index contributed by atoms with van der Waals surface area (Å²) in [5.41, 5.74) is 0. The summed E-state index contributed by atoms with van der Waals surface area (Å²) in [6.07, 6.45) is 10.7. The van der Waals surface area contributed by atoms with E-state index in [1.807, 2.05) is 0 Å². The maximum atomic E-state index is 4.41. The highest BCUT2D eigenvalue weighted by molar-refractivity contribution is 7.18. The molecule has 3 nitrogen and oxygen atoms in total. The Labute approximate surface area is 111 Å². The second-order valence-corrected chi connectivity index (χ2v) is 5.75. The van der Waals surface area contributed by atoms with Crippen molar-refractivity contribution in [1.82, 2.24) is 9.97 Å². The molecule has 1 aliphatic carbocycles. The van der Waals surface area contributed by atoms with E-state index in [1.54, 1.807) is 17.7 Å². The van der Waals surface area contributed by atoms with Crippen molar-refractivity contribution >= 4 is 27.4 Å². The second kappa shape index (κ2) is 5.06. The van der Waals surface area contributed by atoms with Crippen LogP contribution in [0.2, 0.25) is 0 Å². The van der Waals surface area contributed by atoms with Crippen LogP contribution in [0.1, 0.15) is 31.1 Å². The Morgan fingerprint density at radius 1 is 1.39 bits per heavy atom. The lowest BCUT2D eigenvalue weighted by Crippen LogP contribution is -2.21. The Bertz CT molecular complexity index is 573. The van der Waals surface area contributed by atoms with Crippen molar-refractivity contribution in [3.05, 3.63) is 29.4 Å². The van der Waals surface area contributed by atoms with E-state index in [2.05, 4.69) is 40.4 Å². The molecule has 0 bridgehead atoms. The van der Waals surface area contributed by atoms with E-state index >= 15 is 0 Å². The van der Waals surface area contributed by atoms with Gasteiger partial charge in [0, 0.05) is 10.9 Å². The number of aromatic nitrogens is 2. The first-order valence-corrected chi connectivity index (χ1v) is 7.33. The number of anilines is 1. The molecule has 2 aromatic heterocycles. The van der Waals surface area contributed by atoms with Crippen molar-refractivity contribution in [3.8, 4) is 0 Å². The van der Waals surface area contributed by atoms with Crippen molar-refractivity contribution in [2.75, 3.05) is 5.32 Å². The Morgan fingerprint density at radius 2 is 2.33 bits per heavy atom. The number of nitrogens with one attached hydrogen (secondary N) is 1. The monoisotopic (exact) mass is 259 g/mol. The van der Waals surface area contributed by atoms with Gasteiger partial charge in [-0.05, 0) is 31.7 Å². The number of thiophene rings is 1. The van der Waals surface area contributed by atoms with Gasteiger partial charge in [0.15, 0.2) is 0 Å². The molecule has 0 spiro atoms. The summed E-state index contributed by atoms with van der Waals surface area (Å²) in [4.78, 5) is 11.2. The van der Waals surface area contributed by atoms with Crippen molar-refractivity contribution < 1.29 is 0 Å². The summed E-state index contributed by atoms with van der Waals surface area (Å²) in [5, 5.41) is 4.74. The van der Waals surface area contributed by atoms with Crippen LogP contribution in [0.25, 0.3) is 10.2 Å². The van der Waals surface area contributed by atoms with Gasteiger partial charge < -0.3 is 5.32 Å². The molecule has 3 rings (SSSR count). The highest BCUT2D eigenvalue weighted by Crippen LogP contribution is 2.29. The topological polar surface area (TPSA) is 37.8 Å². The molecule has 1 aliphatic rings. The van der Waals surface area contributed by atoms with Crippen LogP contribution >= 0.6 is 11.3 Å². The lowest BCUT2D eigenvalue weighted by molar-refractivity contribution is 0.643. The highest BCUT2D eigenvalue weighted by Gasteiger charge is 2.13. The van der Waals surface area contributed by atoms with Crippen molar-refractivity contribution in [2.45, 2.75) is 38.6 Å². The van der Waals surface area contributed by atoms with Gasteiger partial charge in [-0.25, -0.2) is 9.97 Å². The zero-order valence-corrected chi connectivity index (χ0v) is 11.3. The first kappa shape index (κ1) is 11.7. The number of nitrogens with zero attached hydrogens (tertiary/aromatic N) is 2. The zero-order chi connectivity index (χ0) is 12.4. The zero-order valence-electron chi connectivity index (χ0n) is 10.5. The fraction of sp³-hybridized carbons (Fsp3) is 0.429. The number of fused-ring (bicyclic) bond motifs is 1. The van der Waals surface area contributed by atoms with Crippen molar-refractivity contribution in [2.24, 2.45) is 0 Å². The molecular formula is C14H17N3S. The number of aryl methyl sites for hydroxylation is 1. The van der Waals surface area contributed by atoms with E-state index in [0.717, 1.165) is 29.9 Å². The molecule has 0 aliphatic heterocycles. The molecule has 94 valence electrons. The third-order valence-corrected chi connectivity index (χ3v) is 4.53. The molecule has 0 saturated carbocycles. The fourth-order valence-corrected chi connectivity index (χ4v) is 3.25. The van der Waals surface area contributed by atoms with E-state index in [0.29, 0.717) is 6.04 Å². The summed E-state index contributed by atoms with van der Waals surface area (Å²) >= 11 is 1.77. The van der Waals surface area contributed by atoms with Gasteiger partial charge in [-0.3, -0.25) is 0 Å². The number of hydrogen-bond acceptors (Lipinski definition) is 4. The van der Waals surface area contributed by atoms with Crippen LogP contribution in [0.5, 0.6) is 0 Å². The normalized spacial score (nSPS) is 19.3. The Balaban J connectivity index is 1.90. The average Bonchev–Trinajstić information content (AvgIpc) is 2.84. The molecule has 1 atom stereocenters. The van der Waals surface area contributed by atoms with Crippen molar-refractivity contribution in [3.63, 3.8) is 0 Å². The van der Waals surface area contributed by atoms with E-state index in [9.17, 15) is 0 Å². The molecule has 4 heteroatoms. The average molecular weight is 259 g/mol. The Kier molecular flexibility index (Phi) is 3.28. The minimum absolute atomic E-state index is 0.512. The second-order valence-electron chi connectivity index (χ2n) is 4.63. The van der Waals surface area contributed by atoms with Crippen molar-refractivity contribution in [1.29, 1.82) is 0 Å². The first-order valence-electron chi connectivity index (χ1n) is 6.51. The van der Waals surface area contributed by atoms with Gasteiger partial charge in [-0.1, -0.05) is 19.1 Å². The molecule has 2 heterocycles. The molecule has 2 aromatic rings. The third kappa shape index (κ3) is 2.25. The standard InChI is InChI=1S/C14H17N3S/c1-2-11-8-12-13(15-9-16-14(12)18-11)17-10-6-4-3-5-7-10/h3-4,8-10H,2,5-7H2,1H3,(H,15,16,17). The molecule has 1 unspecified atom stereocenters. The minimum atomic E-state index is 0.512. The molecule has 0 radical (unpaired) electrons. The van der Waals surface area contributed by atoms with Crippen LogP contribution in [-0.4, -0.2) is 16.0 Å². The fourth-order valence-electron chi connectivity index (χ4n) is 2.31. The minimum Gasteiger partial charge on any atom is -0.366 e. The van der Waals surface area contributed by atoms with E-state index in [1.165, 1.54) is 16.7 Å². The van der Waals surface area contributed by atoms with Crippen LogP contribution in [0, 0.1) is 0 Å². The van der Waals surface area contributed by atoms with Crippen LogP contribution in [0.4, 0.5) is 5.82 Å². The number of allylic oxidation sites excluding steroid dienone is 1. The van der Waals surface area contributed by atoms with Gasteiger partial charge in [0.05, 0.1) is 5.39 Å². The summed E-state index contributed by atoms with van der Waals surface area (Å²) in [6.45, 7) is 2.18. The van der Waals surface area contributed by atoms with Gasteiger partial charge in [-0.15, -0.1) is 11.3 Å². The highest BCUT2D eigenvalue weighted by atomic mass is 32.1. The maximum absolute atomic E-state index is 4.41. The van der Waals surface area contributed by atoms with E-state index in [-0.39, 0.29) is 0 Å². The predicted molar refractivity (Wildman–Crippen MR) is 77.2 cm³/mol. The van der Waals surface area contributed by atoms with Gasteiger partial charge in [0.1, 0.15) is 17.0 Å². The van der Waals surface area contributed by atoms with Gasteiger partial charge in [-0.2, -0.15) is 0 Å². The SMILES string of the molecule is CCc1cc2c(NC3CC=CCC3)ncnc2s1. The van der Waals surface area contributed by atoms with E-state index in [4.69, 9.17) is 0 Å². The molecule has 0 aromatic carbocycles. The summed E-state index contributed by atoms with van der Waals surface area (Å²) < 4.78 is 0. The molecule has 0 fully saturated rings. The Morgan fingerprint density at radius 3 is 3.11 bits per heavy atom. The largest absolute Gasteiger partial charge is 0.366 e. The number of hydrogen-bond donors (Lipinski definition) is 1. The summed E-state index contributed by atoms with van der Waals surface area (Å²) in [7, 11) is 0. The predicted octanol–water partition coefficient (Wildman–Crippen LogP) is 3.77. The molecule has 0 saturated heterocycles. The lowest BCUT2D eigenvalue weighted by Gasteiger charge is -2.20. The van der Waals surface area contributed by atoms with E-state index < -0.39 is 0 Å². The first-order chi connectivity index (χ1) is 8.86. The quantitative estimate of drug-likeness (QED) is 0.853. The summed E-state index contributed by atoms with van der Waals surface area (Å²) in [6, 6.07) is 2.74. The molecule has 18 heavy (non-hydrogen) atoms. The van der Waals surface area contributed by atoms with Crippen LogP contribution in [-0.2, 0) is 6.42 Å². The summed E-state index contributed by atoms with van der Waals surface area (Å²) in [5.74, 6) is 0.997. The maximum Gasteiger partial charge on any atom is 0.138 e. The molecular weight excluding hydrogens is 242 g/mol. The van der Waals surface area contributed by atoms with Crippen LogP contribution in [0.15, 0.2) is 24.5 Å². The van der Waals surface area contributed by atoms with Gasteiger partial charge in [0.25, 0.3) is 0 Å². The lowest BCUT2D eigenvalue weighted by atomic mass is 10.0. The smallest absolute Gasteiger partial charge is 0.138 e. The van der Waals surface area contributed by atoms with Crippen LogP contribution < -0.4 is 5.32 Å². The van der Waals surface area contributed by atoms with Gasteiger partial charge >= 0.3 is 0 Å². The Hall–Kier alpha value is -1.42. The van der Waals surface area contributed by atoms with Crippen LogP contribution in [0.3, 0.4) is 0 Å². The molecule has 1 N–H and O–H groups in total.